The van der Waals surface area contributed by atoms with Crippen LogP contribution in [0.3, 0.4) is 0 Å². The molecule has 14 heteroatoms. The Labute approximate surface area is 219 Å². The highest BCUT2D eigenvalue weighted by Gasteiger charge is 2.38. The molecule has 2 N–H and O–H groups in total. The van der Waals surface area contributed by atoms with Crippen molar-refractivity contribution in [2.45, 2.75) is 44.3 Å². The van der Waals surface area contributed by atoms with E-state index in [0.717, 1.165) is 44.9 Å². The van der Waals surface area contributed by atoms with E-state index >= 15 is 0 Å². The lowest BCUT2D eigenvalue weighted by atomic mass is 10.1. The Balaban J connectivity index is 0.000000384. The number of alkyl halides is 3. The molecule has 190 valence electrons. The van der Waals surface area contributed by atoms with E-state index in [4.69, 9.17) is 21.5 Å². The number of aromatic amines is 1. The van der Waals surface area contributed by atoms with Gasteiger partial charge in [-0.3, -0.25) is 9.89 Å². The van der Waals surface area contributed by atoms with Crippen LogP contribution in [0.15, 0.2) is 39.9 Å². The molecule has 3 heterocycles. The topological polar surface area (TPSA) is 114 Å². The lowest BCUT2D eigenvalue weighted by molar-refractivity contribution is -0.192. The van der Waals surface area contributed by atoms with Gasteiger partial charge in [-0.1, -0.05) is 41.8 Å². The number of benzene rings is 1. The highest BCUT2D eigenvalue weighted by molar-refractivity contribution is 9.10. The van der Waals surface area contributed by atoms with Gasteiger partial charge in [-0.15, -0.1) is 10.2 Å². The average molecular weight is 605 g/mol. The Hall–Kier alpha value is -2.77. The lowest BCUT2D eigenvalue weighted by Gasteiger charge is -2.14. The molecule has 5 rings (SSSR count). The van der Waals surface area contributed by atoms with Crippen molar-refractivity contribution in [1.82, 2.24) is 25.0 Å². The minimum absolute atomic E-state index is 0.0191. The van der Waals surface area contributed by atoms with Gasteiger partial charge in [0.2, 0.25) is 0 Å². The van der Waals surface area contributed by atoms with Crippen molar-refractivity contribution in [2.24, 2.45) is 0 Å². The Bertz CT molecular complexity index is 1460. The number of carbonyl (C=O) groups is 1. The van der Waals surface area contributed by atoms with E-state index in [1.54, 1.807) is 6.20 Å². The highest BCUT2D eigenvalue weighted by Crippen LogP contribution is 2.33. The molecule has 36 heavy (non-hydrogen) atoms. The Kier molecular flexibility index (Phi) is 7.81. The molecule has 0 radical (unpaired) electrons. The van der Waals surface area contributed by atoms with E-state index in [0.29, 0.717) is 15.9 Å². The largest absolute Gasteiger partial charge is 0.490 e. The smallest absolute Gasteiger partial charge is 0.475 e. The zero-order chi connectivity index (χ0) is 26.0. The fourth-order valence-electron chi connectivity index (χ4n) is 3.91. The summed E-state index contributed by atoms with van der Waals surface area (Å²) in [6.45, 7) is 0. The van der Waals surface area contributed by atoms with Crippen molar-refractivity contribution < 1.29 is 23.1 Å². The summed E-state index contributed by atoms with van der Waals surface area (Å²) in [4.78, 5) is 21.5. The van der Waals surface area contributed by atoms with Gasteiger partial charge in [0.05, 0.1) is 21.2 Å². The van der Waals surface area contributed by atoms with Gasteiger partial charge in [-0.05, 0) is 46.5 Å². The van der Waals surface area contributed by atoms with Crippen LogP contribution >= 0.6 is 38.9 Å². The van der Waals surface area contributed by atoms with Crippen molar-refractivity contribution in [3.05, 3.63) is 61.0 Å². The molecule has 0 bridgehead atoms. The second-order valence-corrected chi connectivity index (χ2v) is 10.4. The Morgan fingerprint density at radius 3 is 2.64 bits per heavy atom. The van der Waals surface area contributed by atoms with Crippen molar-refractivity contribution in [3.8, 4) is 10.6 Å². The summed E-state index contributed by atoms with van der Waals surface area (Å²) in [5.74, 6) is -2.76. The molecule has 1 fully saturated rings. The second-order valence-electron chi connectivity index (χ2n) is 8.08. The van der Waals surface area contributed by atoms with Gasteiger partial charge in [0.1, 0.15) is 10.0 Å². The summed E-state index contributed by atoms with van der Waals surface area (Å²) in [6.07, 6.45) is 3.61. The molecule has 0 atom stereocenters. The minimum atomic E-state index is -5.08. The molecule has 0 aliphatic heterocycles. The number of H-pyrrole nitrogens is 1. The van der Waals surface area contributed by atoms with Crippen LogP contribution in [0.25, 0.3) is 21.5 Å². The van der Waals surface area contributed by atoms with Crippen LogP contribution in [0.4, 0.5) is 13.2 Å². The molecule has 1 saturated carbocycles. The SMILES string of the molecule is O=C(O)C(F)(F)F.O=c1c(Br)cc(-c2nnc(Cc3ccc4[nH]ncc4c3Cl)s2)cn1C1CCCC1. The van der Waals surface area contributed by atoms with Gasteiger partial charge in [0, 0.05) is 29.6 Å². The highest BCUT2D eigenvalue weighted by atomic mass is 79.9. The van der Waals surface area contributed by atoms with E-state index in [9.17, 15) is 18.0 Å². The number of fused-ring (bicyclic) bond motifs is 1. The zero-order valence-electron chi connectivity index (χ0n) is 18.4. The van der Waals surface area contributed by atoms with Crippen LogP contribution in [-0.2, 0) is 11.2 Å². The van der Waals surface area contributed by atoms with Crippen LogP contribution in [0.5, 0.6) is 0 Å². The number of pyridine rings is 1. The molecule has 1 aliphatic rings. The third-order valence-corrected chi connectivity index (χ3v) is 7.64. The first-order valence-electron chi connectivity index (χ1n) is 10.7. The van der Waals surface area contributed by atoms with Crippen LogP contribution in [-0.4, -0.2) is 42.2 Å². The number of hydrogen-bond donors (Lipinski definition) is 2. The molecule has 1 aliphatic carbocycles. The maximum absolute atomic E-state index is 12.6. The van der Waals surface area contributed by atoms with Gasteiger partial charge in [0.25, 0.3) is 5.56 Å². The lowest BCUT2D eigenvalue weighted by Crippen LogP contribution is -2.23. The van der Waals surface area contributed by atoms with Crippen LogP contribution in [0.2, 0.25) is 5.02 Å². The molecule has 0 unspecified atom stereocenters. The number of carboxylic acid groups (broad SMARTS) is 1. The van der Waals surface area contributed by atoms with Gasteiger partial charge in [-0.25, -0.2) is 4.79 Å². The quantitative estimate of drug-likeness (QED) is 0.296. The third kappa shape index (κ3) is 5.79. The van der Waals surface area contributed by atoms with Crippen molar-refractivity contribution in [1.29, 1.82) is 0 Å². The summed E-state index contributed by atoms with van der Waals surface area (Å²) >= 11 is 11.5. The second kappa shape index (κ2) is 10.7. The van der Waals surface area contributed by atoms with Crippen LogP contribution in [0.1, 0.15) is 42.3 Å². The number of halogens is 5. The van der Waals surface area contributed by atoms with Gasteiger partial charge < -0.3 is 9.67 Å². The fraction of sp³-hybridized carbons (Fsp3) is 0.318. The first-order chi connectivity index (χ1) is 17.0. The monoisotopic (exact) mass is 603 g/mol. The molecule has 0 amide bonds. The number of rotatable bonds is 4. The summed E-state index contributed by atoms with van der Waals surface area (Å²) in [5, 5.41) is 26.1. The number of aliphatic carboxylic acids is 1. The number of nitrogens with zero attached hydrogens (tertiary/aromatic N) is 4. The van der Waals surface area contributed by atoms with Crippen molar-refractivity contribution in [2.75, 3.05) is 0 Å². The molecule has 4 aromatic rings. The average Bonchev–Trinajstić information content (AvgIpc) is 3.59. The Morgan fingerprint density at radius 1 is 1.28 bits per heavy atom. The number of carboxylic acids is 1. The number of aromatic nitrogens is 5. The molecule has 0 spiro atoms. The van der Waals surface area contributed by atoms with Crippen LogP contribution < -0.4 is 5.56 Å². The molecule has 1 aromatic carbocycles. The minimum Gasteiger partial charge on any atom is -0.475 e. The summed E-state index contributed by atoms with van der Waals surface area (Å²) in [5.41, 5.74) is 2.82. The number of hydrogen-bond acceptors (Lipinski definition) is 6. The Morgan fingerprint density at radius 2 is 1.97 bits per heavy atom. The van der Waals surface area contributed by atoms with E-state index in [1.807, 2.05) is 29.0 Å². The molecule has 8 nitrogen and oxygen atoms in total. The van der Waals surface area contributed by atoms with E-state index in [-0.39, 0.29) is 11.6 Å². The standard InChI is InChI=1S/C20H17BrClN5OS.C2HF3O2/c21-15-7-12(10-27(20(15)28)13-3-1-2-4-13)19-26-25-17(29-19)8-11-5-6-16-14(18(11)22)9-23-24-16;3-2(4,5)1(6)7/h5-7,9-10,13H,1-4,8H2,(H,23,24);(H,6,7). The maximum Gasteiger partial charge on any atom is 0.490 e. The first-order valence-corrected chi connectivity index (χ1v) is 12.7. The molecule has 3 aromatic heterocycles. The van der Waals surface area contributed by atoms with Gasteiger partial charge in [0.15, 0.2) is 0 Å². The van der Waals surface area contributed by atoms with E-state index in [1.165, 1.54) is 24.2 Å². The third-order valence-electron chi connectivity index (χ3n) is 5.65. The molecular weight excluding hydrogens is 587 g/mol. The maximum atomic E-state index is 12.6. The van der Waals surface area contributed by atoms with Gasteiger partial charge >= 0.3 is 12.1 Å². The number of nitrogens with one attached hydrogen (secondary N) is 1. The van der Waals surface area contributed by atoms with Gasteiger partial charge in [-0.2, -0.15) is 18.3 Å². The van der Waals surface area contributed by atoms with E-state index < -0.39 is 12.1 Å². The zero-order valence-corrected chi connectivity index (χ0v) is 21.5. The molecule has 0 saturated heterocycles. The molecular formula is C22H18BrClF3N5O3S. The van der Waals surface area contributed by atoms with Crippen LogP contribution in [0, 0.1) is 0 Å². The summed E-state index contributed by atoms with van der Waals surface area (Å²) in [7, 11) is 0. The predicted molar refractivity (Wildman–Crippen MR) is 132 cm³/mol. The first kappa shape index (κ1) is 26.3. The van der Waals surface area contributed by atoms with E-state index in [2.05, 4.69) is 36.3 Å². The predicted octanol–water partition coefficient (Wildman–Crippen LogP) is 6.00. The van der Waals surface area contributed by atoms with Crippen molar-refractivity contribution >= 4 is 55.7 Å². The fourth-order valence-corrected chi connectivity index (χ4v) is 5.48. The van der Waals surface area contributed by atoms with Crippen molar-refractivity contribution in [3.63, 3.8) is 0 Å². The summed E-state index contributed by atoms with van der Waals surface area (Å²) in [6, 6.07) is 6.07. The normalized spacial score (nSPS) is 14.1. The summed E-state index contributed by atoms with van der Waals surface area (Å²) < 4.78 is 34.2.